The first-order valence-electron chi connectivity index (χ1n) is 9.03. The Labute approximate surface area is 189 Å². The largest absolute Gasteiger partial charge is 0.493 e. The standard InChI is InChI=1S/C20H30N4O2S.HI/c1-20(2,3)17-13-27-18(24-17)9-11-23-19(21)22-10-8-14-6-7-15(25-4)16(12-14)26-5;/h6-7,12-13H,8-11H2,1-5H3,(H3,21,22,23);1H. The zero-order valence-electron chi connectivity index (χ0n) is 17.2. The fourth-order valence-corrected chi connectivity index (χ4v) is 3.48. The van der Waals surface area contributed by atoms with E-state index in [-0.39, 0.29) is 29.4 Å². The van der Waals surface area contributed by atoms with Crippen molar-refractivity contribution in [3.63, 3.8) is 0 Å². The summed E-state index contributed by atoms with van der Waals surface area (Å²) >= 11 is 1.69. The molecule has 0 fully saturated rings. The third-order valence-corrected chi connectivity index (χ3v) is 5.00. The molecule has 0 bridgehead atoms. The molecule has 1 heterocycles. The molecule has 3 N–H and O–H groups in total. The number of rotatable bonds is 8. The molecule has 0 saturated carbocycles. The number of guanidine groups is 1. The molecule has 28 heavy (non-hydrogen) atoms. The molecule has 2 aromatic rings. The van der Waals surface area contributed by atoms with E-state index in [9.17, 15) is 0 Å². The van der Waals surface area contributed by atoms with Crippen molar-refractivity contribution < 1.29 is 9.47 Å². The highest BCUT2D eigenvalue weighted by Crippen LogP contribution is 2.27. The summed E-state index contributed by atoms with van der Waals surface area (Å²) in [5.41, 5.74) is 8.32. The van der Waals surface area contributed by atoms with Crippen molar-refractivity contribution in [2.45, 2.75) is 39.0 Å². The van der Waals surface area contributed by atoms with E-state index in [0.29, 0.717) is 19.0 Å². The second kappa shape index (κ2) is 11.5. The van der Waals surface area contributed by atoms with Gasteiger partial charge in [0.2, 0.25) is 0 Å². The Morgan fingerprint density at radius 1 is 1.18 bits per heavy atom. The maximum atomic E-state index is 5.96. The summed E-state index contributed by atoms with van der Waals surface area (Å²) < 4.78 is 10.6. The predicted octanol–water partition coefficient (Wildman–Crippen LogP) is 3.77. The third kappa shape index (κ3) is 7.46. The maximum Gasteiger partial charge on any atom is 0.188 e. The minimum Gasteiger partial charge on any atom is -0.493 e. The van der Waals surface area contributed by atoms with Gasteiger partial charge >= 0.3 is 0 Å². The van der Waals surface area contributed by atoms with Gasteiger partial charge in [-0.05, 0) is 24.1 Å². The molecule has 0 aliphatic heterocycles. The van der Waals surface area contributed by atoms with Crippen molar-refractivity contribution in [3.05, 3.63) is 39.8 Å². The van der Waals surface area contributed by atoms with E-state index < -0.39 is 0 Å². The quantitative estimate of drug-likeness (QED) is 0.316. The van der Waals surface area contributed by atoms with Crippen LogP contribution in [0.15, 0.2) is 28.6 Å². The van der Waals surface area contributed by atoms with Crippen LogP contribution in [0, 0.1) is 0 Å². The van der Waals surface area contributed by atoms with Crippen LogP contribution in [-0.2, 0) is 18.3 Å². The summed E-state index contributed by atoms with van der Waals surface area (Å²) in [6.45, 7) is 7.85. The lowest BCUT2D eigenvalue weighted by molar-refractivity contribution is 0.354. The van der Waals surface area contributed by atoms with Gasteiger partial charge in [0.1, 0.15) is 0 Å². The SMILES string of the molecule is COc1ccc(CCNC(N)=NCCc2nc(C(C)(C)C)cs2)cc1OC.I. The Balaban J connectivity index is 0.00000392. The number of aliphatic imine (C=N–C) groups is 1. The molecule has 0 aliphatic carbocycles. The number of benzene rings is 1. The Morgan fingerprint density at radius 2 is 1.89 bits per heavy atom. The van der Waals surface area contributed by atoms with Crippen LogP contribution in [0.5, 0.6) is 11.5 Å². The number of ether oxygens (including phenoxy) is 2. The highest BCUT2D eigenvalue weighted by atomic mass is 127. The lowest BCUT2D eigenvalue weighted by atomic mass is 9.93. The van der Waals surface area contributed by atoms with Crippen LogP contribution in [0.1, 0.15) is 37.0 Å². The fourth-order valence-electron chi connectivity index (χ4n) is 2.47. The number of aromatic nitrogens is 1. The van der Waals surface area contributed by atoms with Crippen LogP contribution in [-0.4, -0.2) is 38.3 Å². The zero-order valence-corrected chi connectivity index (χ0v) is 20.4. The molecule has 0 aliphatic rings. The van der Waals surface area contributed by atoms with Gasteiger partial charge in [-0.25, -0.2) is 4.98 Å². The van der Waals surface area contributed by atoms with Crippen LogP contribution in [0.25, 0.3) is 0 Å². The van der Waals surface area contributed by atoms with E-state index in [1.54, 1.807) is 25.6 Å². The number of nitrogens with one attached hydrogen (secondary N) is 1. The van der Waals surface area contributed by atoms with Gasteiger partial charge in [-0.15, -0.1) is 35.3 Å². The van der Waals surface area contributed by atoms with Gasteiger partial charge < -0.3 is 20.5 Å². The average Bonchev–Trinajstić information content (AvgIpc) is 3.11. The molecular weight excluding hydrogens is 487 g/mol. The van der Waals surface area contributed by atoms with E-state index in [1.807, 2.05) is 18.2 Å². The fraction of sp³-hybridized carbons (Fsp3) is 0.500. The van der Waals surface area contributed by atoms with Crippen molar-refractivity contribution >= 4 is 41.3 Å². The van der Waals surface area contributed by atoms with Crippen molar-refractivity contribution in [2.24, 2.45) is 10.7 Å². The molecule has 2 rings (SSSR count). The van der Waals surface area contributed by atoms with Crippen LogP contribution >= 0.6 is 35.3 Å². The molecular formula is C20H31IN4O2S. The minimum atomic E-state index is 0. The van der Waals surface area contributed by atoms with Crippen LogP contribution < -0.4 is 20.5 Å². The Hall–Kier alpha value is -1.55. The second-order valence-corrected chi connectivity index (χ2v) is 8.20. The number of nitrogens with zero attached hydrogens (tertiary/aromatic N) is 2. The molecule has 1 aromatic heterocycles. The van der Waals surface area contributed by atoms with Gasteiger partial charge in [-0.3, -0.25) is 4.99 Å². The normalized spacial score (nSPS) is 11.7. The highest BCUT2D eigenvalue weighted by molar-refractivity contribution is 14.0. The summed E-state index contributed by atoms with van der Waals surface area (Å²) in [6.07, 6.45) is 1.62. The lowest BCUT2D eigenvalue weighted by Gasteiger charge is -2.14. The molecule has 0 amide bonds. The number of hydrogen-bond acceptors (Lipinski definition) is 5. The van der Waals surface area contributed by atoms with Gasteiger partial charge in [-0.1, -0.05) is 26.8 Å². The molecule has 0 unspecified atom stereocenters. The third-order valence-electron chi connectivity index (χ3n) is 4.10. The van der Waals surface area contributed by atoms with E-state index in [2.05, 4.69) is 41.4 Å². The predicted molar refractivity (Wildman–Crippen MR) is 128 cm³/mol. The topological polar surface area (TPSA) is 81.8 Å². The smallest absolute Gasteiger partial charge is 0.188 e. The van der Waals surface area contributed by atoms with Gasteiger partial charge in [0.15, 0.2) is 17.5 Å². The summed E-state index contributed by atoms with van der Waals surface area (Å²) in [4.78, 5) is 9.07. The van der Waals surface area contributed by atoms with Gasteiger partial charge in [-0.2, -0.15) is 0 Å². The summed E-state index contributed by atoms with van der Waals surface area (Å²) in [6, 6.07) is 5.90. The van der Waals surface area contributed by atoms with Gasteiger partial charge in [0.25, 0.3) is 0 Å². The Bertz CT molecular complexity index is 772. The van der Waals surface area contributed by atoms with E-state index in [4.69, 9.17) is 15.2 Å². The van der Waals surface area contributed by atoms with Crippen molar-refractivity contribution in [2.75, 3.05) is 27.3 Å². The maximum absolute atomic E-state index is 5.96. The second-order valence-electron chi connectivity index (χ2n) is 7.26. The highest BCUT2D eigenvalue weighted by Gasteiger charge is 2.17. The minimum absolute atomic E-state index is 0. The van der Waals surface area contributed by atoms with Gasteiger partial charge in [0, 0.05) is 30.3 Å². The molecule has 6 nitrogen and oxygen atoms in total. The number of hydrogen-bond donors (Lipinski definition) is 2. The zero-order chi connectivity index (χ0) is 19.9. The van der Waals surface area contributed by atoms with Crippen molar-refractivity contribution in [1.82, 2.24) is 10.3 Å². The molecule has 0 atom stereocenters. The number of halogens is 1. The molecule has 8 heteroatoms. The molecule has 0 saturated heterocycles. The van der Waals surface area contributed by atoms with Crippen LogP contribution in [0.4, 0.5) is 0 Å². The van der Waals surface area contributed by atoms with E-state index >= 15 is 0 Å². The summed E-state index contributed by atoms with van der Waals surface area (Å²) in [5, 5.41) is 6.38. The molecule has 156 valence electrons. The van der Waals surface area contributed by atoms with Crippen LogP contribution in [0.3, 0.4) is 0 Å². The summed E-state index contributed by atoms with van der Waals surface area (Å²) in [5.74, 6) is 1.92. The van der Waals surface area contributed by atoms with E-state index in [0.717, 1.165) is 40.6 Å². The number of thiazole rings is 1. The Kier molecular flexibility index (Phi) is 10.0. The van der Waals surface area contributed by atoms with Gasteiger partial charge in [0.05, 0.1) is 24.9 Å². The molecule has 1 aromatic carbocycles. The van der Waals surface area contributed by atoms with Crippen molar-refractivity contribution in [3.8, 4) is 11.5 Å². The first-order valence-corrected chi connectivity index (χ1v) is 9.91. The Morgan fingerprint density at radius 3 is 2.50 bits per heavy atom. The number of nitrogens with two attached hydrogens (primary N) is 1. The first-order chi connectivity index (χ1) is 12.8. The average molecular weight is 518 g/mol. The monoisotopic (exact) mass is 518 g/mol. The first kappa shape index (κ1) is 24.5. The van der Waals surface area contributed by atoms with E-state index in [1.165, 1.54) is 0 Å². The number of methoxy groups -OCH3 is 2. The molecule has 0 radical (unpaired) electrons. The lowest BCUT2D eigenvalue weighted by Crippen LogP contribution is -2.33. The van der Waals surface area contributed by atoms with Crippen molar-refractivity contribution in [1.29, 1.82) is 0 Å². The molecule has 0 spiro atoms. The van der Waals surface area contributed by atoms with Crippen LogP contribution in [0.2, 0.25) is 0 Å². The summed E-state index contributed by atoms with van der Waals surface area (Å²) in [7, 11) is 3.27.